The molecule has 1 aromatic rings. The van der Waals surface area contributed by atoms with E-state index in [0.29, 0.717) is 6.54 Å². The van der Waals surface area contributed by atoms with Gasteiger partial charge in [0.2, 0.25) is 5.91 Å². The highest BCUT2D eigenvalue weighted by Gasteiger charge is 2.28. The summed E-state index contributed by atoms with van der Waals surface area (Å²) in [7, 11) is 1.89. The molecule has 1 aliphatic rings. The number of carbonyl (C=O) groups is 1. The van der Waals surface area contributed by atoms with Gasteiger partial charge in [-0.05, 0) is 32.8 Å². The van der Waals surface area contributed by atoms with E-state index in [4.69, 9.17) is 4.74 Å². The number of nitrogens with zero attached hydrogens (tertiary/aromatic N) is 2. The van der Waals surface area contributed by atoms with Crippen molar-refractivity contribution >= 4 is 5.91 Å². The van der Waals surface area contributed by atoms with Gasteiger partial charge in [-0.15, -0.1) is 0 Å². The van der Waals surface area contributed by atoms with E-state index in [9.17, 15) is 4.79 Å². The molecule has 2 heterocycles. The average molecular weight is 251 g/mol. The molecule has 2 unspecified atom stereocenters. The summed E-state index contributed by atoms with van der Waals surface area (Å²) in [6.45, 7) is 5.21. The number of hydrogen-bond acceptors (Lipinski definition) is 3. The van der Waals surface area contributed by atoms with Crippen LogP contribution in [0.15, 0.2) is 6.07 Å². The van der Waals surface area contributed by atoms with Crippen molar-refractivity contribution in [2.45, 2.75) is 39.3 Å². The first-order valence-corrected chi connectivity index (χ1v) is 6.46. The van der Waals surface area contributed by atoms with Crippen LogP contribution in [0.5, 0.6) is 0 Å². The van der Waals surface area contributed by atoms with Gasteiger partial charge < -0.3 is 10.1 Å². The van der Waals surface area contributed by atoms with Crippen molar-refractivity contribution in [3.05, 3.63) is 17.5 Å². The molecule has 1 saturated heterocycles. The normalized spacial score (nSPS) is 23.9. The van der Waals surface area contributed by atoms with Crippen molar-refractivity contribution in [2.75, 3.05) is 6.61 Å². The Morgan fingerprint density at radius 1 is 1.67 bits per heavy atom. The number of aromatic nitrogens is 2. The third-order valence-electron chi connectivity index (χ3n) is 3.49. The highest BCUT2D eigenvalue weighted by Crippen LogP contribution is 2.20. The Balaban J connectivity index is 1.89. The highest BCUT2D eigenvalue weighted by molar-refractivity contribution is 5.79. The standard InChI is InChI=1S/C13H21N3O2/c1-9-7-11(16(3)15-9)8-14-13(17)12-5-4-6-18-10(12)2/h7,10,12H,4-6,8H2,1-3H3,(H,14,17). The van der Waals surface area contributed by atoms with Gasteiger partial charge in [0.25, 0.3) is 0 Å². The van der Waals surface area contributed by atoms with Crippen molar-refractivity contribution in [1.82, 2.24) is 15.1 Å². The fraction of sp³-hybridized carbons (Fsp3) is 0.692. The summed E-state index contributed by atoms with van der Waals surface area (Å²) in [6.07, 6.45) is 1.90. The van der Waals surface area contributed by atoms with Gasteiger partial charge in [-0.2, -0.15) is 5.10 Å². The van der Waals surface area contributed by atoms with Crippen LogP contribution in [0.4, 0.5) is 0 Å². The van der Waals surface area contributed by atoms with E-state index in [0.717, 1.165) is 30.8 Å². The Morgan fingerprint density at radius 2 is 2.44 bits per heavy atom. The molecule has 2 rings (SSSR count). The number of carbonyl (C=O) groups excluding carboxylic acids is 1. The second-order valence-corrected chi connectivity index (χ2v) is 4.94. The summed E-state index contributed by atoms with van der Waals surface area (Å²) in [6, 6.07) is 1.99. The minimum absolute atomic E-state index is 0.0203. The smallest absolute Gasteiger partial charge is 0.226 e. The van der Waals surface area contributed by atoms with Gasteiger partial charge in [0.15, 0.2) is 0 Å². The van der Waals surface area contributed by atoms with Crippen LogP contribution in [0.1, 0.15) is 31.2 Å². The first-order chi connectivity index (χ1) is 8.58. The fourth-order valence-corrected chi connectivity index (χ4v) is 2.41. The quantitative estimate of drug-likeness (QED) is 0.877. The van der Waals surface area contributed by atoms with Crippen LogP contribution < -0.4 is 5.32 Å². The molecule has 0 saturated carbocycles. The molecule has 0 radical (unpaired) electrons. The molecular weight excluding hydrogens is 230 g/mol. The number of amides is 1. The Kier molecular flexibility index (Phi) is 4.01. The second-order valence-electron chi connectivity index (χ2n) is 4.94. The SMILES string of the molecule is Cc1cc(CNC(=O)C2CCCOC2C)n(C)n1. The van der Waals surface area contributed by atoms with Gasteiger partial charge in [-0.25, -0.2) is 0 Å². The summed E-state index contributed by atoms with van der Waals surface area (Å²) >= 11 is 0. The molecular formula is C13H21N3O2. The molecule has 100 valence electrons. The predicted octanol–water partition coefficient (Wildman–Crippen LogP) is 1.16. The first kappa shape index (κ1) is 13.1. The molecule has 0 spiro atoms. The molecule has 1 aromatic heterocycles. The maximum atomic E-state index is 12.1. The van der Waals surface area contributed by atoms with Crippen molar-refractivity contribution in [1.29, 1.82) is 0 Å². The van der Waals surface area contributed by atoms with Crippen LogP contribution >= 0.6 is 0 Å². The van der Waals surface area contributed by atoms with E-state index in [-0.39, 0.29) is 17.9 Å². The van der Waals surface area contributed by atoms with E-state index in [1.54, 1.807) is 4.68 Å². The third-order valence-corrected chi connectivity index (χ3v) is 3.49. The molecule has 0 aliphatic carbocycles. The molecule has 5 heteroatoms. The van der Waals surface area contributed by atoms with Crippen molar-refractivity contribution < 1.29 is 9.53 Å². The zero-order valence-corrected chi connectivity index (χ0v) is 11.3. The van der Waals surface area contributed by atoms with E-state index >= 15 is 0 Å². The number of ether oxygens (including phenoxy) is 1. The summed E-state index contributed by atoms with van der Waals surface area (Å²) in [5.41, 5.74) is 1.99. The Bertz CT molecular complexity index is 428. The molecule has 18 heavy (non-hydrogen) atoms. The van der Waals surface area contributed by atoms with Crippen molar-refractivity contribution in [3.63, 3.8) is 0 Å². The number of nitrogens with one attached hydrogen (secondary N) is 1. The summed E-state index contributed by atoms with van der Waals surface area (Å²) in [4.78, 5) is 12.1. The molecule has 1 aliphatic heterocycles. The largest absolute Gasteiger partial charge is 0.378 e. The van der Waals surface area contributed by atoms with Crippen LogP contribution in [-0.2, 0) is 23.1 Å². The Morgan fingerprint density at radius 3 is 3.06 bits per heavy atom. The summed E-state index contributed by atoms with van der Waals surface area (Å²) < 4.78 is 7.32. The second kappa shape index (κ2) is 5.52. The van der Waals surface area contributed by atoms with E-state index in [1.165, 1.54) is 0 Å². The molecule has 1 fully saturated rings. The maximum absolute atomic E-state index is 12.1. The highest BCUT2D eigenvalue weighted by atomic mass is 16.5. The maximum Gasteiger partial charge on any atom is 0.226 e. The fourth-order valence-electron chi connectivity index (χ4n) is 2.41. The Labute approximate surface area is 108 Å². The average Bonchev–Trinajstić information content (AvgIpc) is 2.65. The van der Waals surface area contributed by atoms with Crippen LogP contribution in [0.25, 0.3) is 0 Å². The van der Waals surface area contributed by atoms with Gasteiger partial charge in [0.1, 0.15) is 0 Å². The monoisotopic (exact) mass is 251 g/mol. The van der Waals surface area contributed by atoms with E-state index in [2.05, 4.69) is 10.4 Å². The molecule has 5 nitrogen and oxygen atoms in total. The molecule has 2 atom stereocenters. The van der Waals surface area contributed by atoms with Gasteiger partial charge in [-0.3, -0.25) is 9.48 Å². The van der Waals surface area contributed by atoms with Crippen LogP contribution in [0.3, 0.4) is 0 Å². The zero-order chi connectivity index (χ0) is 13.1. The molecule has 1 amide bonds. The van der Waals surface area contributed by atoms with Crippen LogP contribution in [0, 0.1) is 12.8 Å². The minimum Gasteiger partial charge on any atom is -0.378 e. The minimum atomic E-state index is -0.0203. The van der Waals surface area contributed by atoms with Crippen LogP contribution in [0.2, 0.25) is 0 Å². The lowest BCUT2D eigenvalue weighted by Crippen LogP contribution is -2.40. The zero-order valence-electron chi connectivity index (χ0n) is 11.3. The van der Waals surface area contributed by atoms with E-state index in [1.807, 2.05) is 27.0 Å². The van der Waals surface area contributed by atoms with Crippen molar-refractivity contribution in [3.8, 4) is 0 Å². The van der Waals surface area contributed by atoms with Gasteiger partial charge in [-0.1, -0.05) is 0 Å². The molecule has 0 aromatic carbocycles. The summed E-state index contributed by atoms with van der Waals surface area (Å²) in [5.74, 6) is 0.0640. The van der Waals surface area contributed by atoms with Gasteiger partial charge in [0, 0.05) is 13.7 Å². The first-order valence-electron chi connectivity index (χ1n) is 6.46. The predicted molar refractivity (Wildman–Crippen MR) is 67.9 cm³/mol. The Hall–Kier alpha value is -1.36. The topological polar surface area (TPSA) is 56.1 Å². The van der Waals surface area contributed by atoms with Crippen molar-refractivity contribution in [2.24, 2.45) is 13.0 Å². The lowest BCUT2D eigenvalue weighted by molar-refractivity contribution is -0.133. The molecule has 1 N–H and O–H groups in total. The number of hydrogen-bond donors (Lipinski definition) is 1. The lowest BCUT2D eigenvalue weighted by Gasteiger charge is -2.28. The molecule has 0 bridgehead atoms. The number of rotatable bonds is 3. The number of aryl methyl sites for hydroxylation is 2. The lowest BCUT2D eigenvalue weighted by atomic mass is 9.94. The van der Waals surface area contributed by atoms with Gasteiger partial charge >= 0.3 is 0 Å². The van der Waals surface area contributed by atoms with E-state index < -0.39 is 0 Å². The third kappa shape index (κ3) is 2.90. The van der Waals surface area contributed by atoms with Crippen LogP contribution in [-0.4, -0.2) is 28.4 Å². The van der Waals surface area contributed by atoms with Gasteiger partial charge in [0.05, 0.1) is 30.0 Å². The summed E-state index contributed by atoms with van der Waals surface area (Å²) in [5, 5.41) is 7.23.